The molecule has 0 saturated carbocycles. The van der Waals surface area contributed by atoms with Gasteiger partial charge in [-0.3, -0.25) is 4.79 Å². The Kier molecular flexibility index (Phi) is 5.95. The zero-order valence-electron chi connectivity index (χ0n) is 14.0. The number of aromatic nitrogens is 2. The van der Waals surface area contributed by atoms with Crippen LogP contribution in [-0.2, 0) is 21.1 Å². The Hall–Kier alpha value is -1.93. The summed E-state index contributed by atoms with van der Waals surface area (Å²) >= 11 is 0. The Labute approximate surface area is 142 Å². The number of aromatic amines is 1. The number of amides is 1. The molecule has 8 heteroatoms. The standard InChI is InChI=1S/C16H24N4O3S/c1-3-4-5-15-19-13-7-6-11(10-14(13)20-15)18-16(21)12(17)8-9-24(2,22)23/h6-7,10,12H,3-5,8-9,17H2,1-2H3,(H,18,21)(H,19,20). The minimum atomic E-state index is -3.13. The van der Waals surface area contributed by atoms with E-state index in [9.17, 15) is 13.2 Å². The Bertz CT molecular complexity index is 814. The third-order valence-electron chi connectivity index (χ3n) is 3.70. The molecule has 0 aliphatic heterocycles. The fourth-order valence-corrected chi connectivity index (χ4v) is 2.99. The topological polar surface area (TPSA) is 118 Å². The molecule has 24 heavy (non-hydrogen) atoms. The van der Waals surface area contributed by atoms with Gasteiger partial charge < -0.3 is 16.0 Å². The van der Waals surface area contributed by atoms with Crippen LogP contribution in [0.15, 0.2) is 18.2 Å². The molecule has 0 aliphatic carbocycles. The summed E-state index contributed by atoms with van der Waals surface area (Å²) in [5.74, 6) is 0.422. The summed E-state index contributed by atoms with van der Waals surface area (Å²) in [4.78, 5) is 19.8. The third kappa shape index (κ3) is 5.31. The van der Waals surface area contributed by atoms with E-state index < -0.39 is 21.8 Å². The predicted octanol–water partition coefficient (Wildman–Crippen LogP) is 1.61. The molecule has 1 aromatic carbocycles. The lowest BCUT2D eigenvalue weighted by Gasteiger charge is -2.11. The number of H-pyrrole nitrogens is 1. The van der Waals surface area contributed by atoms with E-state index in [-0.39, 0.29) is 12.2 Å². The van der Waals surface area contributed by atoms with Crippen molar-refractivity contribution >= 4 is 32.5 Å². The van der Waals surface area contributed by atoms with Crippen LogP contribution in [0.2, 0.25) is 0 Å². The Morgan fingerprint density at radius 2 is 2.17 bits per heavy atom. The van der Waals surface area contributed by atoms with E-state index >= 15 is 0 Å². The van der Waals surface area contributed by atoms with E-state index in [1.165, 1.54) is 0 Å². The van der Waals surface area contributed by atoms with Crippen LogP contribution in [-0.4, -0.2) is 42.3 Å². The van der Waals surface area contributed by atoms with Crippen LogP contribution in [0.5, 0.6) is 0 Å². The van der Waals surface area contributed by atoms with Crippen LogP contribution in [0.4, 0.5) is 5.69 Å². The molecule has 0 fully saturated rings. The molecular weight excluding hydrogens is 328 g/mol. The number of hydrogen-bond acceptors (Lipinski definition) is 5. The zero-order chi connectivity index (χ0) is 17.7. The molecule has 1 atom stereocenters. The molecule has 2 rings (SSSR count). The van der Waals surface area contributed by atoms with Gasteiger partial charge in [0.25, 0.3) is 0 Å². The quantitative estimate of drug-likeness (QED) is 0.667. The van der Waals surface area contributed by atoms with Crippen molar-refractivity contribution in [2.24, 2.45) is 5.73 Å². The van der Waals surface area contributed by atoms with Gasteiger partial charge in [-0.25, -0.2) is 13.4 Å². The molecule has 1 unspecified atom stereocenters. The number of rotatable bonds is 8. The number of fused-ring (bicyclic) bond motifs is 1. The lowest BCUT2D eigenvalue weighted by atomic mass is 10.2. The molecule has 7 nitrogen and oxygen atoms in total. The summed E-state index contributed by atoms with van der Waals surface area (Å²) in [6, 6.07) is 4.53. The molecule has 1 amide bonds. The first kappa shape index (κ1) is 18.4. The smallest absolute Gasteiger partial charge is 0.241 e. The first-order valence-electron chi connectivity index (χ1n) is 8.01. The maximum absolute atomic E-state index is 12.1. The fourth-order valence-electron chi connectivity index (χ4n) is 2.31. The highest BCUT2D eigenvalue weighted by atomic mass is 32.2. The number of aryl methyl sites for hydroxylation is 1. The lowest BCUT2D eigenvalue weighted by molar-refractivity contribution is -0.117. The molecule has 132 valence electrons. The SMILES string of the molecule is CCCCc1nc2ccc(NC(=O)C(N)CCS(C)(=O)=O)cc2[nH]1. The van der Waals surface area contributed by atoms with Crippen LogP contribution in [0.1, 0.15) is 32.0 Å². The van der Waals surface area contributed by atoms with E-state index in [0.29, 0.717) is 5.69 Å². The van der Waals surface area contributed by atoms with Gasteiger partial charge in [-0.15, -0.1) is 0 Å². The third-order valence-corrected chi connectivity index (χ3v) is 4.68. The van der Waals surface area contributed by atoms with E-state index in [1.54, 1.807) is 12.1 Å². The highest BCUT2D eigenvalue weighted by Crippen LogP contribution is 2.18. The van der Waals surface area contributed by atoms with Gasteiger partial charge in [0.15, 0.2) is 0 Å². The Balaban J connectivity index is 2.02. The molecule has 0 spiro atoms. The van der Waals surface area contributed by atoms with Crippen molar-refractivity contribution in [1.29, 1.82) is 0 Å². The second-order valence-electron chi connectivity index (χ2n) is 6.03. The highest BCUT2D eigenvalue weighted by Gasteiger charge is 2.16. The van der Waals surface area contributed by atoms with E-state index in [1.807, 2.05) is 6.07 Å². The predicted molar refractivity (Wildman–Crippen MR) is 95.6 cm³/mol. The van der Waals surface area contributed by atoms with Gasteiger partial charge in [0.1, 0.15) is 15.7 Å². The summed E-state index contributed by atoms with van der Waals surface area (Å²) in [7, 11) is -3.13. The average molecular weight is 352 g/mol. The van der Waals surface area contributed by atoms with Crippen molar-refractivity contribution in [3.05, 3.63) is 24.0 Å². The zero-order valence-corrected chi connectivity index (χ0v) is 14.8. The number of anilines is 1. The minimum absolute atomic E-state index is 0.0954. The van der Waals surface area contributed by atoms with Gasteiger partial charge in [-0.2, -0.15) is 0 Å². The van der Waals surface area contributed by atoms with E-state index in [2.05, 4.69) is 22.2 Å². The first-order valence-corrected chi connectivity index (χ1v) is 10.1. The number of carbonyl (C=O) groups is 1. The minimum Gasteiger partial charge on any atom is -0.342 e. The van der Waals surface area contributed by atoms with Crippen molar-refractivity contribution in [2.75, 3.05) is 17.3 Å². The highest BCUT2D eigenvalue weighted by molar-refractivity contribution is 7.90. The maximum Gasteiger partial charge on any atom is 0.241 e. The number of sulfone groups is 1. The van der Waals surface area contributed by atoms with Gasteiger partial charge in [-0.05, 0) is 31.0 Å². The van der Waals surface area contributed by atoms with Crippen molar-refractivity contribution in [3.8, 4) is 0 Å². The van der Waals surface area contributed by atoms with Crippen molar-refractivity contribution in [3.63, 3.8) is 0 Å². The molecule has 0 aliphatic rings. The lowest BCUT2D eigenvalue weighted by Crippen LogP contribution is -2.37. The Morgan fingerprint density at radius 1 is 1.42 bits per heavy atom. The number of hydrogen-bond donors (Lipinski definition) is 3. The van der Waals surface area contributed by atoms with Crippen LogP contribution in [0.3, 0.4) is 0 Å². The number of nitrogens with two attached hydrogens (primary N) is 1. The molecule has 0 radical (unpaired) electrons. The summed E-state index contributed by atoms with van der Waals surface area (Å²) < 4.78 is 22.3. The maximum atomic E-state index is 12.1. The second-order valence-corrected chi connectivity index (χ2v) is 8.29. The van der Waals surface area contributed by atoms with Crippen LogP contribution in [0.25, 0.3) is 11.0 Å². The van der Waals surface area contributed by atoms with Crippen LogP contribution >= 0.6 is 0 Å². The Morgan fingerprint density at radius 3 is 2.83 bits per heavy atom. The molecule has 0 bridgehead atoms. The van der Waals surface area contributed by atoms with Gasteiger partial charge in [0.2, 0.25) is 5.91 Å². The van der Waals surface area contributed by atoms with Crippen molar-refractivity contribution in [2.45, 2.75) is 38.6 Å². The first-order chi connectivity index (χ1) is 11.3. The normalized spacial score (nSPS) is 13.1. The number of nitrogens with zero attached hydrogens (tertiary/aromatic N) is 1. The van der Waals surface area contributed by atoms with Crippen molar-refractivity contribution in [1.82, 2.24) is 9.97 Å². The average Bonchev–Trinajstić information content (AvgIpc) is 2.91. The van der Waals surface area contributed by atoms with E-state index in [0.717, 1.165) is 42.4 Å². The van der Waals surface area contributed by atoms with Gasteiger partial charge >= 0.3 is 0 Å². The summed E-state index contributed by atoms with van der Waals surface area (Å²) in [6.45, 7) is 2.13. The molecule has 1 heterocycles. The summed E-state index contributed by atoms with van der Waals surface area (Å²) in [5.41, 5.74) is 8.05. The summed E-state index contributed by atoms with van der Waals surface area (Å²) in [5, 5.41) is 2.72. The van der Waals surface area contributed by atoms with Gasteiger partial charge in [0, 0.05) is 18.4 Å². The van der Waals surface area contributed by atoms with Crippen molar-refractivity contribution < 1.29 is 13.2 Å². The monoisotopic (exact) mass is 352 g/mol. The van der Waals surface area contributed by atoms with Gasteiger partial charge in [0.05, 0.1) is 22.8 Å². The molecule has 1 aromatic heterocycles. The number of carbonyl (C=O) groups excluding carboxylic acids is 1. The largest absolute Gasteiger partial charge is 0.342 e. The second kappa shape index (κ2) is 7.76. The summed E-state index contributed by atoms with van der Waals surface area (Å²) in [6.07, 6.45) is 4.28. The van der Waals surface area contributed by atoms with E-state index in [4.69, 9.17) is 5.73 Å². The molecular formula is C16H24N4O3S. The number of benzene rings is 1. The number of nitrogens with one attached hydrogen (secondary N) is 2. The van der Waals surface area contributed by atoms with Gasteiger partial charge in [-0.1, -0.05) is 13.3 Å². The number of imidazole rings is 1. The molecule has 0 saturated heterocycles. The fraction of sp³-hybridized carbons (Fsp3) is 0.500. The molecule has 2 aromatic rings. The van der Waals surface area contributed by atoms with Crippen LogP contribution in [0, 0.1) is 0 Å². The molecule has 4 N–H and O–H groups in total. The van der Waals surface area contributed by atoms with Crippen LogP contribution < -0.4 is 11.1 Å². The number of unbranched alkanes of at least 4 members (excludes halogenated alkanes) is 1.